The van der Waals surface area contributed by atoms with Crippen molar-refractivity contribution in [3.63, 3.8) is 0 Å². The normalized spacial score (nSPS) is 12.0. The number of nitrogens with zero attached hydrogens (tertiary/aromatic N) is 7. The summed E-state index contributed by atoms with van der Waals surface area (Å²) in [7, 11) is 0. The second kappa shape index (κ2) is 7.64. The van der Waals surface area contributed by atoms with E-state index in [2.05, 4.69) is 51.3 Å². The highest BCUT2D eigenvalue weighted by atomic mass is 16.6. The van der Waals surface area contributed by atoms with E-state index in [0.717, 1.165) is 33.6 Å². The van der Waals surface area contributed by atoms with Gasteiger partial charge < -0.3 is 4.84 Å². The van der Waals surface area contributed by atoms with E-state index in [-0.39, 0.29) is 6.61 Å². The fourth-order valence-corrected chi connectivity index (χ4v) is 3.41. The monoisotopic (exact) mass is 411 g/mol. The third-order valence-electron chi connectivity index (χ3n) is 5.06. The van der Waals surface area contributed by atoms with Gasteiger partial charge in [-0.2, -0.15) is 5.10 Å². The van der Waals surface area contributed by atoms with Crippen LogP contribution in [0.3, 0.4) is 0 Å². The molecule has 3 heterocycles. The summed E-state index contributed by atoms with van der Waals surface area (Å²) in [5, 5.41) is 14.0. The molecule has 0 saturated heterocycles. The molecule has 0 radical (unpaired) electrons. The van der Waals surface area contributed by atoms with Crippen molar-refractivity contribution in [1.29, 1.82) is 0 Å². The molecule has 0 bridgehead atoms. The second-order valence-corrected chi connectivity index (χ2v) is 7.49. The molecule has 0 amide bonds. The molecule has 8 nitrogen and oxygen atoms in total. The van der Waals surface area contributed by atoms with Gasteiger partial charge in [-0.25, -0.2) is 19.2 Å². The van der Waals surface area contributed by atoms with Crippen LogP contribution in [-0.2, 0) is 11.4 Å². The van der Waals surface area contributed by atoms with E-state index < -0.39 is 0 Å². The molecule has 8 heteroatoms. The van der Waals surface area contributed by atoms with Crippen molar-refractivity contribution in [3.05, 3.63) is 83.6 Å². The predicted octanol–water partition coefficient (Wildman–Crippen LogP) is 4.02. The highest BCUT2D eigenvalue weighted by Gasteiger charge is 2.14. The van der Waals surface area contributed by atoms with Crippen LogP contribution in [0.1, 0.15) is 29.4 Å². The van der Waals surface area contributed by atoms with Crippen molar-refractivity contribution in [2.24, 2.45) is 5.16 Å². The summed E-state index contributed by atoms with van der Waals surface area (Å²) in [4.78, 5) is 14.7. The number of fused-ring (bicyclic) bond motifs is 3. The highest BCUT2D eigenvalue weighted by Crippen LogP contribution is 2.20. The van der Waals surface area contributed by atoms with Gasteiger partial charge in [0, 0.05) is 0 Å². The zero-order valence-corrected chi connectivity index (χ0v) is 17.5. The Labute approximate surface area is 178 Å². The maximum Gasteiger partial charge on any atom is 0.192 e. The van der Waals surface area contributed by atoms with Crippen molar-refractivity contribution in [2.45, 2.75) is 27.4 Å². The summed E-state index contributed by atoms with van der Waals surface area (Å²) in [6.45, 7) is 6.18. The third-order valence-corrected chi connectivity index (χ3v) is 5.06. The smallest absolute Gasteiger partial charge is 0.192 e. The molecule has 2 aromatic carbocycles. The second-order valence-electron chi connectivity index (χ2n) is 7.49. The van der Waals surface area contributed by atoms with Crippen molar-refractivity contribution in [1.82, 2.24) is 29.4 Å². The zero-order valence-electron chi connectivity index (χ0n) is 17.5. The average Bonchev–Trinajstić information content (AvgIpc) is 3.37. The van der Waals surface area contributed by atoms with Gasteiger partial charge in [0.25, 0.3) is 0 Å². The number of rotatable bonds is 5. The van der Waals surface area contributed by atoms with E-state index >= 15 is 0 Å². The molecule has 0 aliphatic carbocycles. The molecule has 0 atom stereocenters. The lowest BCUT2D eigenvalue weighted by atomic mass is 10.1. The van der Waals surface area contributed by atoms with Gasteiger partial charge in [0.05, 0.1) is 23.0 Å². The van der Waals surface area contributed by atoms with Gasteiger partial charge in [-0.15, -0.1) is 5.10 Å². The van der Waals surface area contributed by atoms with Gasteiger partial charge in [0.1, 0.15) is 6.33 Å². The topological polar surface area (TPSA) is 82.5 Å². The Balaban J connectivity index is 1.40. The molecular weight excluding hydrogens is 390 g/mol. The van der Waals surface area contributed by atoms with E-state index in [1.807, 2.05) is 48.0 Å². The molecule has 0 fully saturated rings. The highest BCUT2D eigenvalue weighted by molar-refractivity contribution is 5.98. The first kappa shape index (κ1) is 18.9. The molecule has 0 aliphatic rings. The van der Waals surface area contributed by atoms with Crippen LogP contribution >= 0.6 is 0 Å². The van der Waals surface area contributed by atoms with Gasteiger partial charge in [-0.05, 0) is 44.0 Å². The number of hydrogen-bond acceptors (Lipinski definition) is 6. The van der Waals surface area contributed by atoms with Crippen LogP contribution in [0.15, 0.2) is 66.2 Å². The Bertz CT molecular complexity index is 1410. The van der Waals surface area contributed by atoms with Crippen LogP contribution in [0.5, 0.6) is 0 Å². The number of oxime groups is 1. The van der Waals surface area contributed by atoms with Gasteiger partial charge in [0.15, 0.2) is 23.7 Å². The predicted molar refractivity (Wildman–Crippen MR) is 118 cm³/mol. The zero-order chi connectivity index (χ0) is 21.4. The minimum absolute atomic E-state index is 0.165. The van der Waals surface area contributed by atoms with Gasteiger partial charge >= 0.3 is 0 Å². The van der Waals surface area contributed by atoms with E-state index in [0.29, 0.717) is 11.5 Å². The van der Waals surface area contributed by atoms with Crippen LogP contribution in [-0.4, -0.2) is 35.1 Å². The van der Waals surface area contributed by atoms with E-state index in [4.69, 9.17) is 4.84 Å². The van der Waals surface area contributed by atoms with Crippen molar-refractivity contribution in [2.75, 3.05) is 0 Å². The van der Waals surface area contributed by atoms with E-state index in [9.17, 15) is 0 Å². The molecule has 31 heavy (non-hydrogen) atoms. The summed E-state index contributed by atoms with van der Waals surface area (Å²) >= 11 is 0. The van der Waals surface area contributed by atoms with Crippen LogP contribution in [0, 0.1) is 13.8 Å². The van der Waals surface area contributed by atoms with E-state index in [1.54, 1.807) is 17.0 Å². The quantitative estimate of drug-likeness (QED) is 0.322. The number of aromatic nitrogens is 6. The first-order chi connectivity index (χ1) is 15.1. The molecule has 5 aromatic rings. The Kier molecular flexibility index (Phi) is 4.66. The van der Waals surface area contributed by atoms with Crippen LogP contribution < -0.4 is 0 Å². The Hall–Kier alpha value is -4.07. The third kappa shape index (κ3) is 3.63. The largest absolute Gasteiger partial charge is 0.387 e. The van der Waals surface area contributed by atoms with Crippen LogP contribution in [0.2, 0.25) is 0 Å². The van der Waals surface area contributed by atoms with Crippen molar-refractivity contribution < 1.29 is 4.84 Å². The Morgan fingerprint density at radius 3 is 2.68 bits per heavy atom. The average molecular weight is 411 g/mol. The molecule has 0 unspecified atom stereocenters. The fourth-order valence-electron chi connectivity index (χ4n) is 3.41. The lowest BCUT2D eigenvalue weighted by Crippen LogP contribution is -1.99. The summed E-state index contributed by atoms with van der Waals surface area (Å²) in [6, 6.07) is 16.3. The first-order valence-electron chi connectivity index (χ1n) is 9.97. The Morgan fingerprint density at radius 2 is 1.87 bits per heavy atom. The first-order valence-corrected chi connectivity index (χ1v) is 9.97. The summed E-state index contributed by atoms with van der Waals surface area (Å²) in [5.74, 6) is 0.526. The molecule has 0 N–H and O–H groups in total. The molecule has 5 rings (SSSR count). The standard InChI is InChI=1S/C23H21N7O/c1-15-7-9-18(10-8-15)17(3)28-31-13-21-26-23-20-12-25-30(19-6-4-5-16(2)11-19)22(20)24-14-29(23)27-21/h4-12,14H,13H2,1-3H3. The maximum absolute atomic E-state index is 5.50. The molecular formula is C23H21N7O. The molecule has 0 aliphatic heterocycles. The Morgan fingerprint density at radius 1 is 1.03 bits per heavy atom. The number of benzene rings is 2. The molecule has 154 valence electrons. The number of hydrogen-bond donors (Lipinski definition) is 0. The maximum atomic E-state index is 5.50. The summed E-state index contributed by atoms with van der Waals surface area (Å²) < 4.78 is 3.45. The molecule has 0 saturated carbocycles. The van der Waals surface area contributed by atoms with E-state index in [1.165, 1.54) is 5.56 Å². The minimum Gasteiger partial charge on any atom is -0.387 e. The lowest BCUT2D eigenvalue weighted by molar-refractivity contribution is 0.125. The fraction of sp³-hybridized carbons (Fsp3) is 0.174. The van der Waals surface area contributed by atoms with Crippen LogP contribution in [0.4, 0.5) is 0 Å². The molecule has 3 aromatic heterocycles. The number of aryl methyl sites for hydroxylation is 2. The summed E-state index contributed by atoms with van der Waals surface area (Å²) in [6.07, 6.45) is 3.40. The van der Waals surface area contributed by atoms with Crippen molar-refractivity contribution >= 4 is 22.4 Å². The van der Waals surface area contributed by atoms with Crippen LogP contribution in [0.25, 0.3) is 22.4 Å². The van der Waals surface area contributed by atoms with Gasteiger partial charge in [0.2, 0.25) is 0 Å². The van der Waals surface area contributed by atoms with Crippen molar-refractivity contribution in [3.8, 4) is 5.69 Å². The lowest BCUT2D eigenvalue weighted by Gasteiger charge is -2.03. The minimum atomic E-state index is 0.165. The SMILES string of the molecule is CC(=NOCc1nc2c3cnn(-c4cccc(C)c4)c3ncn2n1)c1ccc(C)cc1. The summed E-state index contributed by atoms with van der Waals surface area (Å²) in [5.41, 5.74) is 6.54. The van der Waals surface area contributed by atoms with Gasteiger partial charge in [-0.3, -0.25) is 0 Å². The van der Waals surface area contributed by atoms with Gasteiger partial charge in [-0.1, -0.05) is 47.1 Å². The molecule has 0 spiro atoms.